The Kier molecular flexibility index (Phi) is 6.93. The predicted molar refractivity (Wildman–Crippen MR) is 239 cm³/mol. The summed E-state index contributed by atoms with van der Waals surface area (Å²) >= 11 is 0. The third-order valence-electron chi connectivity index (χ3n) is 11.7. The van der Waals surface area contributed by atoms with Crippen LogP contribution in [-0.4, -0.2) is 9.13 Å². The zero-order valence-corrected chi connectivity index (χ0v) is 30.9. The van der Waals surface area contributed by atoms with Crippen molar-refractivity contribution in [2.24, 2.45) is 0 Å². The van der Waals surface area contributed by atoms with Crippen molar-refractivity contribution in [1.82, 2.24) is 9.13 Å². The maximum Gasteiger partial charge on any atom is 0.138 e. The first-order chi connectivity index (χ1) is 28.3. The molecule has 57 heavy (non-hydrogen) atoms. The van der Waals surface area contributed by atoms with Crippen LogP contribution in [0.3, 0.4) is 0 Å². The Bertz CT molecular complexity index is 3510. The second kappa shape index (κ2) is 12.5. The summed E-state index contributed by atoms with van der Waals surface area (Å²) in [6.07, 6.45) is 0. The standard InChI is InChI=1S/C54H34N2O/c1-3-17-35(18-4-1)37-33-49(54-43-24-10-14-32-50(43)57-51(54)34-37)56-46-29-13-9-23-42(46)53-40(26-16-31-48(53)56)39-25-15-30-47-52(39)41-22-8-12-28-45(41)55(47)44-27-11-7-21-38(44)36-19-5-2-6-20-36/h1-34H. The SMILES string of the molecule is c1ccc(-c2cc(-n3c4ccccc4c4c(-c5cccc6c5c5ccccc5n6-c5ccccc5-c5ccccc5)cccc43)c3c(c2)oc2ccccc23)cc1. The highest BCUT2D eigenvalue weighted by molar-refractivity contribution is 6.23. The molecule has 0 aliphatic heterocycles. The molecule has 0 saturated carbocycles. The van der Waals surface area contributed by atoms with E-state index in [2.05, 4.69) is 209 Å². The number of rotatable bonds is 5. The number of aromatic nitrogens is 2. The van der Waals surface area contributed by atoms with Crippen LogP contribution in [0.1, 0.15) is 0 Å². The first-order valence-corrected chi connectivity index (χ1v) is 19.5. The number of furan rings is 1. The van der Waals surface area contributed by atoms with Crippen LogP contribution in [0, 0.1) is 0 Å². The van der Waals surface area contributed by atoms with E-state index in [0.717, 1.165) is 55.5 Å². The van der Waals surface area contributed by atoms with Crippen LogP contribution in [0.5, 0.6) is 0 Å². The van der Waals surface area contributed by atoms with Gasteiger partial charge in [-0.1, -0.05) is 158 Å². The molecule has 0 aliphatic rings. The number of para-hydroxylation sites is 4. The summed E-state index contributed by atoms with van der Waals surface area (Å²) in [6, 6.07) is 74.4. The lowest BCUT2D eigenvalue weighted by Gasteiger charge is -2.14. The van der Waals surface area contributed by atoms with E-state index >= 15 is 0 Å². The summed E-state index contributed by atoms with van der Waals surface area (Å²) in [4.78, 5) is 0. The van der Waals surface area contributed by atoms with Gasteiger partial charge in [0.15, 0.2) is 0 Å². The summed E-state index contributed by atoms with van der Waals surface area (Å²) in [5.41, 5.74) is 15.8. The van der Waals surface area contributed by atoms with Crippen molar-refractivity contribution in [3.63, 3.8) is 0 Å². The van der Waals surface area contributed by atoms with E-state index in [1.54, 1.807) is 0 Å². The van der Waals surface area contributed by atoms with Crippen LogP contribution < -0.4 is 0 Å². The van der Waals surface area contributed by atoms with E-state index in [-0.39, 0.29) is 0 Å². The van der Waals surface area contributed by atoms with Crippen molar-refractivity contribution >= 4 is 65.6 Å². The number of hydrogen-bond donors (Lipinski definition) is 0. The van der Waals surface area contributed by atoms with Crippen LogP contribution in [-0.2, 0) is 0 Å². The lowest BCUT2D eigenvalue weighted by Crippen LogP contribution is -1.97. The zero-order valence-electron chi connectivity index (χ0n) is 30.9. The molecular weight excluding hydrogens is 693 g/mol. The van der Waals surface area contributed by atoms with E-state index in [9.17, 15) is 0 Å². The van der Waals surface area contributed by atoms with Gasteiger partial charge in [0.2, 0.25) is 0 Å². The molecule has 0 bridgehead atoms. The van der Waals surface area contributed by atoms with E-state index < -0.39 is 0 Å². The van der Waals surface area contributed by atoms with Gasteiger partial charge < -0.3 is 13.6 Å². The topological polar surface area (TPSA) is 23.0 Å². The summed E-state index contributed by atoms with van der Waals surface area (Å²) in [5, 5.41) is 7.14. The van der Waals surface area contributed by atoms with Gasteiger partial charge in [0.25, 0.3) is 0 Å². The lowest BCUT2D eigenvalue weighted by molar-refractivity contribution is 0.669. The van der Waals surface area contributed by atoms with Gasteiger partial charge in [0.05, 0.1) is 38.8 Å². The molecule has 0 N–H and O–H groups in total. The summed E-state index contributed by atoms with van der Waals surface area (Å²) in [7, 11) is 0. The Labute approximate surface area is 328 Å². The normalized spacial score (nSPS) is 11.9. The van der Waals surface area contributed by atoms with Gasteiger partial charge in [-0.25, -0.2) is 0 Å². The van der Waals surface area contributed by atoms with Crippen LogP contribution in [0.25, 0.3) is 110 Å². The molecule has 0 aliphatic carbocycles. The number of nitrogens with zero attached hydrogens (tertiary/aromatic N) is 2. The van der Waals surface area contributed by atoms with Crippen molar-refractivity contribution in [3.05, 3.63) is 206 Å². The Morgan fingerprint density at radius 3 is 1.44 bits per heavy atom. The molecule has 0 atom stereocenters. The van der Waals surface area contributed by atoms with Gasteiger partial charge in [0, 0.05) is 32.5 Å². The van der Waals surface area contributed by atoms with Gasteiger partial charge >= 0.3 is 0 Å². The van der Waals surface area contributed by atoms with Crippen LogP contribution in [0.15, 0.2) is 211 Å². The first-order valence-electron chi connectivity index (χ1n) is 19.5. The summed E-state index contributed by atoms with van der Waals surface area (Å²) in [5.74, 6) is 0. The van der Waals surface area contributed by atoms with Gasteiger partial charge in [-0.15, -0.1) is 0 Å². The van der Waals surface area contributed by atoms with Gasteiger partial charge in [0.1, 0.15) is 11.2 Å². The molecule has 0 spiro atoms. The van der Waals surface area contributed by atoms with Crippen molar-refractivity contribution < 1.29 is 4.42 Å². The van der Waals surface area contributed by atoms with Crippen LogP contribution in [0.2, 0.25) is 0 Å². The number of hydrogen-bond acceptors (Lipinski definition) is 1. The van der Waals surface area contributed by atoms with Crippen LogP contribution >= 0.6 is 0 Å². The highest BCUT2D eigenvalue weighted by atomic mass is 16.3. The molecule has 0 amide bonds. The van der Waals surface area contributed by atoms with E-state index in [1.807, 2.05) is 6.07 Å². The van der Waals surface area contributed by atoms with Gasteiger partial charge in [-0.2, -0.15) is 0 Å². The lowest BCUT2D eigenvalue weighted by atomic mass is 9.95. The molecule has 3 heteroatoms. The minimum absolute atomic E-state index is 0.878. The highest BCUT2D eigenvalue weighted by Gasteiger charge is 2.23. The van der Waals surface area contributed by atoms with Crippen molar-refractivity contribution in [2.45, 2.75) is 0 Å². The number of fused-ring (bicyclic) bond motifs is 9. The first kappa shape index (κ1) is 31.7. The average molecular weight is 727 g/mol. The molecule has 9 aromatic carbocycles. The molecule has 12 aromatic rings. The van der Waals surface area contributed by atoms with Crippen molar-refractivity contribution in [3.8, 4) is 44.8 Å². The van der Waals surface area contributed by atoms with E-state index in [1.165, 1.54) is 54.8 Å². The maximum atomic E-state index is 6.62. The molecule has 3 nitrogen and oxygen atoms in total. The minimum Gasteiger partial charge on any atom is -0.456 e. The predicted octanol–water partition coefficient (Wildman–Crippen LogP) is 14.8. The quantitative estimate of drug-likeness (QED) is 0.173. The van der Waals surface area contributed by atoms with Crippen molar-refractivity contribution in [1.29, 1.82) is 0 Å². The fourth-order valence-corrected chi connectivity index (χ4v) is 9.34. The highest BCUT2D eigenvalue weighted by Crippen LogP contribution is 2.46. The van der Waals surface area contributed by atoms with Gasteiger partial charge in [-0.05, 0) is 76.3 Å². The van der Waals surface area contributed by atoms with Gasteiger partial charge in [-0.3, -0.25) is 0 Å². The monoisotopic (exact) mass is 726 g/mol. The molecule has 266 valence electrons. The second-order valence-electron chi connectivity index (χ2n) is 14.8. The Morgan fingerprint density at radius 2 is 0.772 bits per heavy atom. The third kappa shape index (κ3) is 4.73. The molecule has 3 heterocycles. The Balaban J connectivity index is 1.18. The maximum absolute atomic E-state index is 6.62. The van der Waals surface area contributed by atoms with Crippen molar-refractivity contribution in [2.75, 3.05) is 0 Å². The minimum atomic E-state index is 0.878. The molecule has 0 unspecified atom stereocenters. The fourth-order valence-electron chi connectivity index (χ4n) is 9.34. The Morgan fingerprint density at radius 1 is 0.281 bits per heavy atom. The summed E-state index contributed by atoms with van der Waals surface area (Å²) in [6.45, 7) is 0. The summed E-state index contributed by atoms with van der Waals surface area (Å²) < 4.78 is 11.5. The molecule has 0 saturated heterocycles. The smallest absolute Gasteiger partial charge is 0.138 e. The van der Waals surface area contributed by atoms with Crippen LogP contribution in [0.4, 0.5) is 0 Å². The molecule has 12 rings (SSSR count). The Hall–Kier alpha value is -7.62. The molecular formula is C54H34N2O. The second-order valence-corrected chi connectivity index (χ2v) is 14.8. The molecule has 3 aromatic heterocycles. The molecule has 0 radical (unpaired) electrons. The number of benzene rings is 9. The molecule has 0 fully saturated rings. The van der Waals surface area contributed by atoms with E-state index in [4.69, 9.17) is 4.42 Å². The largest absolute Gasteiger partial charge is 0.456 e. The zero-order chi connectivity index (χ0) is 37.5. The fraction of sp³-hybridized carbons (Fsp3) is 0. The third-order valence-corrected chi connectivity index (χ3v) is 11.7. The van der Waals surface area contributed by atoms with E-state index in [0.29, 0.717) is 0 Å². The average Bonchev–Trinajstić information content (AvgIpc) is 3.94.